The summed E-state index contributed by atoms with van der Waals surface area (Å²) < 4.78 is 45.8. The monoisotopic (exact) mass is 354 g/mol. The van der Waals surface area contributed by atoms with Crippen molar-refractivity contribution in [3.63, 3.8) is 0 Å². The van der Waals surface area contributed by atoms with E-state index in [1.165, 1.54) is 24.4 Å². The number of anilines is 2. The number of aromatic nitrogens is 2. The van der Waals surface area contributed by atoms with Crippen LogP contribution in [0.25, 0.3) is 0 Å². The van der Waals surface area contributed by atoms with E-state index < -0.39 is 17.8 Å². The summed E-state index contributed by atoms with van der Waals surface area (Å²) in [7, 11) is 0. The standard InChI is InChI=1S/C16H17F3N4O2/c17-16(18,19)13-3-1-2-4-14(13)22-15(24)21-11-9-20-23(10-11)12-5-7-25-8-6-12/h1-4,9-10,12H,5-8H2,(H2,21,22,24). The Morgan fingerprint density at radius 3 is 2.64 bits per heavy atom. The summed E-state index contributed by atoms with van der Waals surface area (Å²) in [5.41, 5.74) is -0.791. The molecule has 0 unspecified atom stereocenters. The average Bonchev–Trinajstić information content (AvgIpc) is 3.03. The quantitative estimate of drug-likeness (QED) is 0.878. The van der Waals surface area contributed by atoms with E-state index in [9.17, 15) is 18.0 Å². The van der Waals surface area contributed by atoms with Crippen LogP contribution in [0.3, 0.4) is 0 Å². The number of halogens is 3. The van der Waals surface area contributed by atoms with Crippen LogP contribution in [0.4, 0.5) is 29.3 Å². The summed E-state index contributed by atoms with van der Waals surface area (Å²) >= 11 is 0. The van der Waals surface area contributed by atoms with Crippen LogP contribution in [0.1, 0.15) is 24.4 Å². The fourth-order valence-electron chi connectivity index (χ4n) is 2.68. The molecule has 9 heteroatoms. The number of hydrogen-bond donors (Lipinski definition) is 2. The largest absolute Gasteiger partial charge is 0.418 e. The molecule has 0 saturated carbocycles. The maximum absolute atomic E-state index is 12.9. The van der Waals surface area contributed by atoms with Crippen molar-refractivity contribution in [1.29, 1.82) is 0 Å². The van der Waals surface area contributed by atoms with Crippen molar-refractivity contribution in [3.05, 3.63) is 42.2 Å². The van der Waals surface area contributed by atoms with Gasteiger partial charge in [0, 0.05) is 19.4 Å². The molecular formula is C16H17F3N4O2. The molecule has 0 radical (unpaired) electrons. The van der Waals surface area contributed by atoms with E-state index in [1.54, 1.807) is 10.9 Å². The van der Waals surface area contributed by atoms with Crippen molar-refractivity contribution in [2.45, 2.75) is 25.1 Å². The van der Waals surface area contributed by atoms with Gasteiger partial charge in [0.15, 0.2) is 0 Å². The van der Waals surface area contributed by atoms with E-state index in [4.69, 9.17) is 4.74 Å². The molecule has 0 aliphatic carbocycles. The maximum atomic E-state index is 12.9. The zero-order valence-corrected chi connectivity index (χ0v) is 13.2. The maximum Gasteiger partial charge on any atom is 0.418 e. The molecule has 2 N–H and O–H groups in total. The van der Waals surface area contributed by atoms with Crippen LogP contribution in [0.15, 0.2) is 36.7 Å². The molecule has 0 spiro atoms. The number of carbonyl (C=O) groups excluding carboxylic acids is 1. The molecular weight excluding hydrogens is 337 g/mol. The first-order chi connectivity index (χ1) is 11.9. The molecule has 1 saturated heterocycles. The lowest BCUT2D eigenvalue weighted by Gasteiger charge is -2.22. The Morgan fingerprint density at radius 1 is 1.20 bits per heavy atom. The van der Waals surface area contributed by atoms with E-state index in [0.29, 0.717) is 18.9 Å². The molecule has 1 aliphatic heterocycles. The van der Waals surface area contributed by atoms with Crippen molar-refractivity contribution in [2.24, 2.45) is 0 Å². The summed E-state index contributed by atoms with van der Waals surface area (Å²) in [5, 5.41) is 8.92. The third kappa shape index (κ3) is 4.30. The van der Waals surface area contributed by atoms with Crippen LogP contribution >= 0.6 is 0 Å². The Labute approximate surface area is 142 Å². The number of hydrogen-bond acceptors (Lipinski definition) is 3. The van der Waals surface area contributed by atoms with Crippen LogP contribution in [0.5, 0.6) is 0 Å². The van der Waals surface area contributed by atoms with E-state index >= 15 is 0 Å². The molecule has 1 aliphatic rings. The molecule has 3 rings (SSSR count). The fourth-order valence-corrected chi connectivity index (χ4v) is 2.68. The molecule has 1 aromatic heterocycles. The highest BCUT2D eigenvalue weighted by Crippen LogP contribution is 2.34. The van der Waals surface area contributed by atoms with Gasteiger partial charge in [-0.3, -0.25) is 4.68 Å². The fraction of sp³-hybridized carbons (Fsp3) is 0.375. The van der Waals surface area contributed by atoms with Gasteiger partial charge < -0.3 is 15.4 Å². The van der Waals surface area contributed by atoms with Gasteiger partial charge in [-0.1, -0.05) is 12.1 Å². The zero-order valence-electron chi connectivity index (χ0n) is 13.2. The van der Waals surface area contributed by atoms with Gasteiger partial charge in [-0.15, -0.1) is 0 Å². The van der Waals surface area contributed by atoms with E-state index in [2.05, 4.69) is 15.7 Å². The number of rotatable bonds is 3. The van der Waals surface area contributed by atoms with Crippen LogP contribution in [-0.4, -0.2) is 29.0 Å². The SMILES string of the molecule is O=C(Nc1cnn(C2CCOCC2)c1)Nc1ccccc1C(F)(F)F. The normalized spacial score (nSPS) is 15.8. The number of urea groups is 1. The number of benzene rings is 1. The zero-order chi connectivity index (χ0) is 17.9. The highest BCUT2D eigenvalue weighted by Gasteiger charge is 2.33. The Kier molecular flexibility index (Phi) is 4.93. The number of nitrogens with one attached hydrogen (secondary N) is 2. The topological polar surface area (TPSA) is 68.2 Å². The minimum absolute atomic E-state index is 0.193. The molecule has 2 aromatic rings. The Hall–Kier alpha value is -2.55. The van der Waals surface area contributed by atoms with Crippen LogP contribution in [-0.2, 0) is 10.9 Å². The van der Waals surface area contributed by atoms with Gasteiger partial charge in [-0.05, 0) is 25.0 Å². The first-order valence-electron chi connectivity index (χ1n) is 7.79. The van der Waals surface area contributed by atoms with E-state index in [-0.39, 0.29) is 11.7 Å². The van der Waals surface area contributed by atoms with Gasteiger partial charge >= 0.3 is 12.2 Å². The van der Waals surface area contributed by atoms with Gasteiger partial charge in [0.05, 0.1) is 29.2 Å². The Balaban J connectivity index is 1.65. The molecule has 1 aromatic carbocycles. The van der Waals surface area contributed by atoms with Crippen molar-refractivity contribution in [2.75, 3.05) is 23.8 Å². The van der Waals surface area contributed by atoms with Gasteiger partial charge in [-0.2, -0.15) is 18.3 Å². The van der Waals surface area contributed by atoms with Crippen LogP contribution in [0.2, 0.25) is 0 Å². The number of nitrogens with zero attached hydrogens (tertiary/aromatic N) is 2. The molecule has 2 heterocycles. The van der Waals surface area contributed by atoms with Gasteiger partial charge in [0.2, 0.25) is 0 Å². The van der Waals surface area contributed by atoms with Gasteiger partial charge in [-0.25, -0.2) is 4.79 Å². The predicted molar refractivity (Wildman–Crippen MR) is 85.4 cm³/mol. The van der Waals surface area contributed by atoms with Crippen molar-refractivity contribution in [3.8, 4) is 0 Å². The lowest BCUT2D eigenvalue weighted by atomic mass is 10.1. The molecule has 1 fully saturated rings. The highest BCUT2D eigenvalue weighted by molar-refractivity contribution is 6.00. The number of ether oxygens (including phenoxy) is 1. The Bertz CT molecular complexity index is 739. The second-order valence-electron chi connectivity index (χ2n) is 5.68. The smallest absolute Gasteiger partial charge is 0.381 e. The first kappa shape index (κ1) is 17.3. The van der Waals surface area contributed by atoms with Crippen molar-refractivity contribution in [1.82, 2.24) is 9.78 Å². The van der Waals surface area contributed by atoms with Crippen LogP contribution in [0, 0.1) is 0 Å². The number of para-hydroxylation sites is 1. The van der Waals surface area contributed by atoms with Crippen molar-refractivity contribution < 1.29 is 22.7 Å². The predicted octanol–water partition coefficient (Wildman–Crippen LogP) is 3.90. The third-order valence-electron chi connectivity index (χ3n) is 3.90. The van der Waals surface area contributed by atoms with E-state index in [0.717, 1.165) is 18.9 Å². The van der Waals surface area contributed by atoms with E-state index in [1.807, 2.05) is 0 Å². The second-order valence-corrected chi connectivity index (χ2v) is 5.68. The minimum atomic E-state index is -4.54. The lowest BCUT2D eigenvalue weighted by Crippen LogP contribution is -2.22. The number of alkyl halides is 3. The summed E-state index contributed by atoms with van der Waals surface area (Å²) in [5.74, 6) is 0. The average molecular weight is 354 g/mol. The molecule has 0 bridgehead atoms. The summed E-state index contributed by atoms with van der Waals surface area (Å²) in [6.45, 7) is 1.31. The molecule has 2 amide bonds. The third-order valence-corrected chi connectivity index (χ3v) is 3.90. The molecule has 25 heavy (non-hydrogen) atoms. The van der Waals surface area contributed by atoms with Crippen molar-refractivity contribution >= 4 is 17.4 Å². The summed E-state index contributed by atoms with van der Waals surface area (Å²) in [6.07, 6.45) is 0.228. The summed E-state index contributed by atoms with van der Waals surface area (Å²) in [6, 6.07) is 4.24. The second kappa shape index (κ2) is 7.14. The van der Waals surface area contributed by atoms with Crippen LogP contribution < -0.4 is 10.6 Å². The highest BCUT2D eigenvalue weighted by atomic mass is 19.4. The molecule has 134 valence electrons. The van der Waals surface area contributed by atoms with Gasteiger partial charge in [0.1, 0.15) is 0 Å². The lowest BCUT2D eigenvalue weighted by molar-refractivity contribution is -0.136. The number of carbonyl (C=O) groups is 1. The first-order valence-corrected chi connectivity index (χ1v) is 7.79. The molecule has 6 nitrogen and oxygen atoms in total. The summed E-state index contributed by atoms with van der Waals surface area (Å²) in [4.78, 5) is 12.0. The Morgan fingerprint density at radius 2 is 1.92 bits per heavy atom. The van der Waals surface area contributed by atoms with Gasteiger partial charge in [0.25, 0.3) is 0 Å². The number of amides is 2. The minimum Gasteiger partial charge on any atom is -0.381 e. The molecule has 0 atom stereocenters.